The van der Waals surface area contributed by atoms with Gasteiger partial charge >= 0.3 is 0 Å². The van der Waals surface area contributed by atoms with Crippen LogP contribution in [0.15, 0.2) is 18.2 Å². The smallest absolute Gasteiger partial charge is 0.164 e. The summed E-state index contributed by atoms with van der Waals surface area (Å²) in [6.07, 6.45) is 2.56. The molecule has 0 aliphatic heterocycles. The fourth-order valence-electron chi connectivity index (χ4n) is 1.59. The van der Waals surface area contributed by atoms with Crippen molar-refractivity contribution in [1.29, 1.82) is 0 Å². The zero-order valence-corrected chi connectivity index (χ0v) is 11.0. The molecule has 0 N–H and O–H groups in total. The van der Waals surface area contributed by atoms with Gasteiger partial charge in [0.15, 0.2) is 5.78 Å². The first kappa shape index (κ1) is 13.2. The van der Waals surface area contributed by atoms with Crippen LogP contribution in [0.2, 0.25) is 5.02 Å². The van der Waals surface area contributed by atoms with Gasteiger partial charge in [0, 0.05) is 12.0 Å². The lowest BCUT2D eigenvalue weighted by atomic mass is 9.97. The maximum atomic E-state index is 11.9. The van der Waals surface area contributed by atoms with Crippen molar-refractivity contribution in [1.82, 2.24) is 0 Å². The van der Waals surface area contributed by atoms with Crippen LogP contribution in [0.1, 0.15) is 61.9 Å². The van der Waals surface area contributed by atoms with Crippen LogP contribution in [-0.2, 0) is 0 Å². The molecule has 0 aliphatic carbocycles. The molecule has 2 heteroatoms. The Kier molecular flexibility index (Phi) is 5.01. The van der Waals surface area contributed by atoms with Crippen LogP contribution in [0.25, 0.3) is 0 Å². The van der Waals surface area contributed by atoms with Gasteiger partial charge in [0.2, 0.25) is 0 Å². The standard InChI is InChI=1S/C14H19ClO/c1-4-5-6-14(16)12-9-11(10(2)3)7-8-13(12)15/h7-10H,4-6H2,1-3H3. The lowest BCUT2D eigenvalue weighted by Gasteiger charge is -2.09. The van der Waals surface area contributed by atoms with E-state index in [0.717, 1.165) is 12.8 Å². The third-order valence-electron chi connectivity index (χ3n) is 2.71. The fraction of sp³-hybridized carbons (Fsp3) is 0.500. The molecule has 0 atom stereocenters. The van der Waals surface area contributed by atoms with Gasteiger partial charge < -0.3 is 0 Å². The average Bonchev–Trinajstić information content (AvgIpc) is 2.26. The van der Waals surface area contributed by atoms with Gasteiger partial charge in [0.1, 0.15) is 0 Å². The van der Waals surface area contributed by atoms with E-state index < -0.39 is 0 Å². The van der Waals surface area contributed by atoms with Gasteiger partial charge in [-0.15, -0.1) is 0 Å². The maximum Gasteiger partial charge on any atom is 0.164 e. The molecule has 0 amide bonds. The Bertz CT molecular complexity index is 369. The van der Waals surface area contributed by atoms with Crippen LogP contribution in [0.4, 0.5) is 0 Å². The predicted octanol–water partition coefficient (Wildman–Crippen LogP) is 4.84. The fourth-order valence-corrected chi connectivity index (χ4v) is 1.81. The summed E-state index contributed by atoms with van der Waals surface area (Å²) in [5.41, 5.74) is 1.85. The molecule has 0 bridgehead atoms. The summed E-state index contributed by atoms with van der Waals surface area (Å²) in [7, 11) is 0. The monoisotopic (exact) mass is 238 g/mol. The minimum Gasteiger partial charge on any atom is -0.294 e. The Morgan fingerprint density at radius 2 is 2.06 bits per heavy atom. The summed E-state index contributed by atoms with van der Waals surface area (Å²) in [5.74, 6) is 0.587. The Hall–Kier alpha value is -0.820. The van der Waals surface area contributed by atoms with E-state index in [4.69, 9.17) is 11.6 Å². The summed E-state index contributed by atoms with van der Waals surface area (Å²) in [4.78, 5) is 11.9. The quantitative estimate of drug-likeness (QED) is 0.671. The molecule has 0 radical (unpaired) electrons. The van der Waals surface area contributed by atoms with Crippen LogP contribution in [0.3, 0.4) is 0 Å². The summed E-state index contributed by atoms with van der Waals surface area (Å²) in [6.45, 7) is 6.31. The van der Waals surface area contributed by atoms with E-state index in [-0.39, 0.29) is 5.78 Å². The van der Waals surface area contributed by atoms with Crippen molar-refractivity contribution >= 4 is 17.4 Å². The first-order chi connectivity index (χ1) is 7.56. The third-order valence-corrected chi connectivity index (χ3v) is 3.04. The van der Waals surface area contributed by atoms with E-state index in [1.54, 1.807) is 0 Å². The molecule has 1 rings (SSSR count). The number of halogens is 1. The number of unbranched alkanes of at least 4 members (excludes halogenated alkanes) is 1. The summed E-state index contributed by atoms with van der Waals surface area (Å²) >= 11 is 6.05. The Morgan fingerprint density at radius 3 is 2.62 bits per heavy atom. The van der Waals surface area contributed by atoms with Gasteiger partial charge in [-0.3, -0.25) is 4.79 Å². The Morgan fingerprint density at radius 1 is 1.38 bits per heavy atom. The largest absolute Gasteiger partial charge is 0.294 e. The van der Waals surface area contributed by atoms with Crippen LogP contribution in [-0.4, -0.2) is 5.78 Å². The molecule has 1 nitrogen and oxygen atoms in total. The normalized spacial score (nSPS) is 10.8. The first-order valence-electron chi connectivity index (χ1n) is 5.89. The minimum atomic E-state index is 0.161. The van der Waals surface area contributed by atoms with Crippen molar-refractivity contribution in [3.8, 4) is 0 Å². The highest BCUT2D eigenvalue weighted by Crippen LogP contribution is 2.24. The molecule has 88 valence electrons. The molecule has 0 spiro atoms. The molecule has 0 unspecified atom stereocenters. The molecule has 0 aliphatic rings. The van der Waals surface area contributed by atoms with Gasteiger partial charge in [-0.2, -0.15) is 0 Å². The number of benzene rings is 1. The van der Waals surface area contributed by atoms with Gasteiger partial charge in [0.25, 0.3) is 0 Å². The number of hydrogen-bond acceptors (Lipinski definition) is 1. The molecule has 0 saturated carbocycles. The lowest BCUT2D eigenvalue weighted by molar-refractivity contribution is 0.0980. The maximum absolute atomic E-state index is 11.9. The van der Waals surface area contributed by atoms with Crippen molar-refractivity contribution in [2.45, 2.75) is 46.0 Å². The third kappa shape index (κ3) is 3.34. The number of carbonyl (C=O) groups excluding carboxylic acids is 1. The second-order valence-electron chi connectivity index (χ2n) is 4.42. The molecule has 0 heterocycles. The van der Waals surface area contributed by atoms with Crippen molar-refractivity contribution in [2.75, 3.05) is 0 Å². The summed E-state index contributed by atoms with van der Waals surface area (Å²) in [6, 6.07) is 5.75. The van der Waals surface area contributed by atoms with E-state index in [9.17, 15) is 4.79 Å². The molecular formula is C14H19ClO. The molecule has 1 aromatic carbocycles. The number of rotatable bonds is 5. The van der Waals surface area contributed by atoms with Crippen molar-refractivity contribution in [3.63, 3.8) is 0 Å². The van der Waals surface area contributed by atoms with Crippen molar-refractivity contribution in [3.05, 3.63) is 34.3 Å². The van der Waals surface area contributed by atoms with Crippen LogP contribution >= 0.6 is 11.6 Å². The lowest BCUT2D eigenvalue weighted by Crippen LogP contribution is -2.01. The molecular weight excluding hydrogens is 220 g/mol. The Labute approximate surface area is 103 Å². The summed E-state index contributed by atoms with van der Waals surface area (Å²) < 4.78 is 0. The number of hydrogen-bond donors (Lipinski definition) is 0. The zero-order chi connectivity index (χ0) is 12.1. The first-order valence-corrected chi connectivity index (χ1v) is 6.26. The van der Waals surface area contributed by atoms with Crippen LogP contribution in [0.5, 0.6) is 0 Å². The minimum absolute atomic E-state index is 0.161. The molecule has 0 aromatic heterocycles. The van der Waals surface area contributed by atoms with Crippen LogP contribution < -0.4 is 0 Å². The number of carbonyl (C=O) groups is 1. The molecule has 0 fully saturated rings. The van der Waals surface area contributed by atoms with E-state index in [2.05, 4.69) is 20.8 Å². The molecule has 16 heavy (non-hydrogen) atoms. The van der Waals surface area contributed by atoms with E-state index in [0.29, 0.717) is 22.9 Å². The second-order valence-corrected chi connectivity index (χ2v) is 4.83. The highest BCUT2D eigenvalue weighted by atomic mass is 35.5. The molecule has 0 saturated heterocycles. The number of ketones is 1. The van der Waals surface area contributed by atoms with E-state index in [1.165, 1.54) is 5.56 Å². The SMILES string of the molecule is CCCCC(=O)c1cc(C(C)C)ccc1Cl. The van der Waals surface area contributed by atoms with Gasteiger partial charge in [-0.25, -0.2) is 0 Å². The zero-order valence-electron chi connectivity index (χ0n) is 10.2. The number of Topliss-reactive ketones (excluding diaryl/α,β-unsaturated/α-hetero) is 1. The van der Waals surface area contributed by atoms with Crippen molar-refractivity contribution in [2.24, 2.45) is 0 Å². The molecule has 1 aromatic rings. The Balaban J connectivity index is 2.93. The predicted molar refractivity (Wildman–Crippen MR) is 69.4 cm³/mol. The van der Waals surface area contributed by atoms with Gasteiger partial charge in [-0.1, -0.05) is 44.9 Å². The van der Waals surface area contributed by atoms with Crippen molar-refractivity contribution < 1.29 is 4.79 Å². The van der Waals surface area contributed by atoms with Gasteiger partial charge in [0.05, 0.1) is 5.02 Å². The highest BCUT2D eigenvalue weighted by Gasteiger charge is 2.11. The van der Waals surface area contributed by atoms with E-state index in [1.807, 2.05) is 18.2 Å². The topological polar surface area (TPSA) is 17.1 Å². The van der Waals surface area contributed by atoms with Gasteiger partial charge in [-0.05, 0) is 30.0 Å². The second kappa shape index (κ2) is 6.05. The van der Waals surface area contributed by atoms with Crippen LogP contribution in [0, 0.1) is 0 Å². The highest BCUT2D eigenvalue weighted by molar-refractivity contribution is 6.34. The van der Waals surface area contributed by atoms with E-state index >= 15 is 0 Å². The average molecular weight is 239 g/mol. The summed E-state index contributed by atoms with van der Waals surface area (Å²) in [5, 5.41) is 0.575.